The lowest BCUT2D eigenvalue weighted by Gasteiger charge is -2.43. The summed E-state index contributed by atoms with van der Waals surface area (Å²) < 4.78 is 0. The van der Waals surface area contributed by atoms with E-state index in [0.717, 1.165) is 16.2 Å². The molecule has 74 valence electrons. The molecule has 6 fully saturated rings. The maximum absolute atomic E-state index is 1.70. The van der Waals surface area contributed by atoms with E-state index in [4.69, 9.17) is 0 Å². The van der Waals surface area contributed by atoms with E-state index in [0.29, 0.717) is 0 Å². The minimum absolute atomic E-state index is 0.993. The molecule has 14 heavy (non-hydrogen) atoms. The van der Waals surface area contributed by atoms with Gasteiger partial charge < -0.3 is 0 Å². The van der Waals surface area contributed by atoms with Gasteiger partial charge in [0.25, 0.3) is 0 Å². The third-order valence-corrected chi connectivity index (χ3v) is 8.30. The molecule has 2 bridgehead atoms. The van der Waals surface area contributed by atoms with E-state index < -0.39 is 0 Å². The second-order valence-corrected chi connectivity index (χ2v) is 7.41. The molecule has 0 radical (unpaired) electrons. The molecule has 0 aromatic rings. The fraction of sp³-hybridized carbons (Fsp3) is 1.00. The normalized spacial score (nSPS) is 84.0. The van der Waals surface area contributed by atoms with Crippen molar-refractivity contribution in [3.8, 4) is 0 Å². The van der Waals surface area contributed by atoms with Gasteiger partial charge in [0.1, 0.15) is 0 Å². The van der Waals surface area contributed by atoms with Crippen LogP contribution in [0.15, 0.2) is 0 Å². The van der Waals surface area contributed by atoms with Crippen molar-refractivity contribution in [1.29, 1.82) is 0 Å². The number of rotatable bonds is 0. The lowest BCUT2D eigenvalue weighted by atomic mass is 9.62. The Labute approximate surface area is 85.4 Å². The molecule has 0 aliphatic heterocycles. The van der Waals surface area contributed by atoms with Crippen LogP contribution >= 0.6 is 0 Å². The van der Waals surface area contributed by atoms with Crippen LogP contribution in [-0.2, 0) is 0 Å². The van der Waals surface area contributed by atoms with Crippen molar-refractivity contribution >= 4 is 0 Å². The smallest absolute Gasteiger partial charge is 0.0133 e. The Morgan fingerprint density at radius 1 is 0.786 bits per heavy atom. The summed E-state index contributed by atoms with van der Waals surface area (Å²) in [5, 5.41) is 0. The fourth-order valence-electron chi connectivity index (χ4n) is 8.05. The summed E-state index contributed by atoms with van der Waals surface area (Å²) in [6.45, 7) is 0. The van der Waals surface area contributed by atoms with Gasteiger partial charge in [-0.1, -0.05) is 0 Å². The van der Waals surface area contributed by atoms with Gasteiger partial charge >= 0.3 is 0 Å². The van der Waals surface area contributed by atoms with Gasteiger partial charge in [-0.25, -0.2) is 0 Å². The summed E-state index contributed by atoms with van der Waals surface area (Å²) in [7, 11) is 0. The Morgan fingerprint density at radius 3 is 2.21 bits per heavy atom. The van der Waals surface area contributed by atoms with Crippen molar-refractivity contribution < 1.29 is 0 Å². The van der Waals surface area contributed by atoms with Gasteiger partial charge in [0, 0.05) is 0 Å². The highest BCUT2D eigenvalue weighted by atomic mass is 15.1. The van der Waals surface area contributed by atoms with Crippen molar-refractivity contribution in [2.75, 3.05) is 0 Å². The van der Waals surface area contributed by atoms with E-state index in [2.05, 4.69) is 0 Å². The number of hydrogen-bond acceptors (Lipinski definition) is 0. The Kier molecular flexibility index (Phi) is 0.640. The average molecular weight is 186 g/mol. The Balaban J connectivity index is 1.63. The van der Waals surface area contributed by atoms with Crippen LogP contribution < -0.4 is 0 Å². The highest BCUT2D eigenvalue weighted by Gasteiger charge is 3.09. The second-order valence-electron chi connectivity index (χ2n) is 7.41. The molecule has 6 rings (SSSR count). The first-order valence-corrected chi connectivity index (χ1v) is 6.87. The molecule has 0 nitrogen and oxygen atoms in total. The van der Waals surface area contributed by atoms with Gasteiger partial charge in [0.05, 0.1) is 0 Å². The largest absolute Gasteiger partial charge is 0.0496 e. The second kappa shape index (κ2) is 1.37. The van der Waals surface area contributed by atoms with E-state index in [1.54, 1.807) is 44.9 Å². The van der Waals surface area contributed by atoms with E-state index in [-0.39, 0.29) is 0 Å². The molecule has 0 aromatic heterocycles. The summed E-state index contributed by atoms with van der Waals surface area (Å²) >= 11 is 0. The lowest BCUT2D eigenvalue weighted by molar-refractivity contribution is 0.0607. The number of fused-ring (bicyclic) bond motifs is 4. The molecule has 6 aliphatic carbocycles. The summed E-state index contributed by atoms with van der Waals surface area (Å²) in [6, 6.07) is 0. The maximum atomic E-state index is 1.70. The lowest BCUT2D eigenvalue weighted by Crippen LogP contribution is -2.35. The molecule has 0 amide bonds. The first-order chi connectivity index (χ1) is 6.87. The topological polar surface area (TPSA) is 0 Å². The van der Waals surface area contributed by atoms with Crippen molar-refractivity contribution in [3.05, 3.63) is 0 Å². The Hall–Kier alpha value is 0. The standard InChI is InChI=1S/C14H18/c1-2-10-9(1)8-3-4-12(7-8)13-5-6-14(12,13)11(10)13/h8-11H,1-7H2. The molecule has 0 heterocycles. The van der Waals surface area contributed by atoms with E-state index in [9.17, 15) is 0 Å². The maximum Gasteiger partial charge on any atom is -0.0133 e. The predicted octanol–water partition coefficient (Wildman–Crippen LogP) is 3.22. The molecule has 0 heteroatoms. The number of hydrogen-bond donors (Lipinski definition) is 0. The molecule has 5 atom stereocenters. The van der Waals surface area contributed by atoms with Gasteiger partial charge in [-0.2, -0.15) is 0 Å². The summed E-state index contributed by atoms with van der Waals surface area (Å²) in [5.41, 5.74) is 3.04. The summed E-state index contributed by atoms with van der Waals surface area (Å²) in [6.07, 6.45) is 11.6. The predicted molar refractivity (Wildman–Crippen MR) is 53.6 cm³/mol. The van der Waals surface area contributed by atoms with Crippen LogP contribution in [0.3, 0.4) is 0 Å². The first-order valence-electron chi connectivity index (χ1n) is 6.87. The fourth-order valence-corrected chi connectivity index (χ4v) is 8.05. The third kappa shape index (κ3) is 0.296. The molecule has 0 N–H and O–H groups in total. The molecule has 2 spiro atoms. The SMILES string of the molecule is C1CC23CC1C1CCC1C1C24CCC134. The van der Waals surface area contributed by atoms with Gasteiger partial charge in [-0.15, -0.1) is 0 Å². The minimum Gasteiger partial charge on any atom is -0.0496 e. The van der Waals surface area contributed by atoms with Crippen LogP contribution in [0.25, 0.3) is 0 Å². The zero-order chi connectivity index (χ0) is 8.76. The molecule has 6 aliphatic rings. The summed E-state index contributed by atoms with van der Waals surface area (Å²) in [4.78, 5) is 0. The van der Waals surface area contributed by atoms with E-state index in [1.165, 1.54) is 23.7 Å². The molecule has 6 saturated carbocycles. The zero-order valence-corrected chi connectivity index (χ0v) is 8.76. The third-order valence-electron chi connectivity index (χ3n) is 8.30. The van der Waals surface area contributed by atoms with Crippen molar-refractivity contribution in [3.63, 3.8) is 0 Å². The van der Waals surface area contributed by atoms with Gasteiger partial charge in [-0.05, 0) is 84.9 Å². The molecule has 5 unspecified atom stereocenters. The minimum atomic E-state index is 0.993. The monoisotopic (exact) mass is 186 g/mol. The van der Waals surface area contributed by atoms with Gasteiger partial charge in [0.2, 0.25) is 0 Å². The summed E-state index contributed by atoms with van der Waals surface area (Å²) in [5.74, 6) is 4.98. The first kappa shape index (κ1) is 6.55. The average Bonchev–Trinajstić information content (AvgIpc) is 2.57. The molecule has 0 saturated heterocycles. The van der Waals surface area contributed by atoms with Crippen LogP contribution in [0.4, 0.5) is 0 Å². The van der Waals surface area contributed by atoms with E-state index in [1.807, 2.05) is 0 Å². The quantitative estimate of drug-likeness (QED) is 0.545. The Bertz CT molecular complexity index is 365. The van der Waals surface area contributed by atoms with E-state index >= 15 is 0 Å². The molecule has 0 aromatic carbocycles. The Morgan fingerprint density at radius 2 is 1.57 bits per heavy atom. The van der Waals surface area contributed by atoms with Gasteiger partial charge in [0.15, 0.2) is 0 Å². The highest BCUT2D eigenvalue weighted by molar-refractivity contribution is 5.56. The van der Waals surface area contributed by atoms with Crippen molar-refractivity contribution in [2.45, 2.75) is 44.9 Å². The van der Waals surface area contributed by atoms with Crippen LogP contribution in [0.5, 0.6) is 0 Å². The highest BCUT2D eigenvalue weighted by Crippen LogP contribution is 3.14. The van der Waals surface area contributed by atoms with Crippen molar-refractivity contribution in [1.82, 2.24) is 0 Å². The van der Waals surface area contributed by atoms with Crippen molar-refractivity contribution in [2.24, 2.45) is 39.9 Å². The van der Waals surface area contributed by atoms with Gasteiger partial charge in [-0.3, -0.25) is 0 Å². The zero-order valence-electron chi connectivity index (χ0n) is 8.76. The van der Waals surface area contributed by atoms with Crippen LogP contribution in [0.1, 0.15) is 44.9 Å². The van der Waals surface area contributed by atoms with Crippen LogP contribution in [0.2, 0.25) is 0 Å². The van der Waals surface area contributed by atoms with Crippen LogP contribution in [-0.4, -0.2) is 0 Å². The van der Waals surface area contributed by atoms with Crippen LogP contribution in [0, 0.1) is 39.9 Å². The molecular weight excluding hydrogens is 168 g/mol. The molecular formula is C14H18.